The molecule has 2 amide bonds. The van der Waals surface area contributed by atoms with Gasteiger partial charge in [-0.2, -0.15) is 0 Å². The highest BCUT2D eigenvalue weighted by Gasteiger charge is 2.39. The lowest BCUT2D eigenvalue weighted by atomic mass is 10.2. The number of aliphatic imine (C=N–C) groups is 1. The van der Waals surface area contributed by atoms with Gasteiger partial charge in [0.15, 0.2) is 5.17 Å². The van der Waals surface area contributed by atoms with Crippen molar-refractivity contribution in [3.63, 3.8) is 0 Å². The first-order chi connectivity index (χ1) is 15.5. The average molecular weight is 484 g/mol. The summed E-state index contributed by atoms with van der Waals surface area (Å²) in [6.45, 7) is 0.385. The van der Waals surface area contributed by atoms with Crippen molar-refractivity contribution in [2.75, 3.05) is 5.32 Å². The molecule has 0 unspecified atom stereocenters. The Balaban J connectivity index is 1.54. The predicted molar refractivity (Wildman–Crippen MR) is 132 cm³/mol. The number of nitrogens with one attached hydrogen (secondary N) is 1. The Morgan fingerprint density at radius 1 is 1.00 bits per heavy atom. The van der Waals surface area contributed by atoms with Crippen LogP contribution in [0.2, 0.25) is 10.0 Å². The molecule has 1 fully saturated rings. The van der Waals surface area contributed by atoms with Crippen molar-refractivity contribution in [3.8, 4) is 0 Å². The van der Waals surface area contributed by atoms with Gasteiger partial charge in [-0.25, -0.2) is 4.99 Å². The summed E-state index contributed by atoms with van der Waals surface area (Å²) in [6, 6.07) is 24.0. The molecule has 0 aromatic heterocycles. The van der Waals surface area contributed by atoms with E-state index in [9.17, 15) is 9.59 Å². The number of anilines is 1. The highest BCUT2D eigenvalue weighted by atomic mass is 35.5. The van der Waals surface area contributed by atoms with E-state index in [1.54, 1.807) is 23.1 Å². The summed E-state index contributed by atoms with van der Waals surface area (Å²) in [4.78, 5) is 32.2. The highest BCUT2D eigenvalue weighted by molar-refractivity contribution is 8.15. The van der Waals surface area contributed by atoms with E-state index in [0.29, 0.717) is 27.4 Å². The van der Waals surface area contributed by atoms with Crippen LogP contribution in [0.15, 0.2) is 83.9 Å². The van der Waals surface area contributed by atoms with E-state index in [2.05, 4.69) is 10.3 Å². The van der Waals surface area contributed by atoms with Gasteiger partial charge in [0.1, 0.15) is 5.25 Å². The number of halogens is 2. The van der Waals surface area contributed by atoms with E-state index >= 15 is 0 Å². The second-order valence-corrected chi connectivity index (χ2v) is 9.14. The molecular weight excluding hydrogens is 465 g/mol. The summed E-state index contributed by atoms with van der Waals surface area (Å²) in [7, 11) is 0. The Bertz CT molecular complexity index is 1160. The quantitative estimate of drug-likeness (QED) is 0.456. The molecule has 3 aromatic carbocycles. The second kappa shape index (κ2) is 10.2. The van der Waals surface area contributed by atoms with Crippen LogP contribution in [0.25, 0.3) is 0 Å². The fraction of sp³-hybridized carbons (Fsp3) is 0.125. The van der Waals surface area contributed by atoms with Gasteiger partial charge in [0.2, 0.25) is 11.8 Å². The maximum atomic E-state index is 13.2. The maximum Gasteiger partial charge on any atom is 0.242 e. The number of benzene rings is 3. The molecule has 0 saturated carbocycles. The van der Waals surface area contributed by atoms with Crippen molar-refractivity contribution in [1.82, 2.24) is 4.90 Å². The minimum Gasteiger partial charge on any atom is -0.325 e. The zero-order chi connectivity index (χ0) is 22.5. The summed E-state index contributed by atoms with van der Waals surface area (Å²) in [5, 5.41) is 3.58. The van der Waals surface area contributed by atoms with Crippen molar-refractivity contribution in [1.29, 1.82) is 0 Å². The molecule has 1 heterocycles. The monoisotopic (exact) mass is 483 g/mol. The number of amides is 2. The smallest absolute Gasteiger partial charge is 0.242 e. The van der Waals surface area contributed by atoms with Crippen LogP contribution in [0.5, 0.6) is 0 Å². The fourth-order valence-corrected chi connectivity index (χ4v) is 4.71. The molecule has 3 aromatic rings. The van der Waals surface area contributed by atoms with E-state index < -0.39 is 5.25 Å². The van der Waals surface area contributed by atoms with Crippen molar-refractivity contribution >= 4 is 63.3 Å². The zero-order valence-electron chi connectivity index (χ0n) is 16.9. The summed E-state index contributed by atoms with van der Waals surface area (Å²) >= 11 is 13.4. The first kappa shape index (κ1) is 22.4. The van der Waals surface area contributed by atoms with Crippen LogP contribution in [0.4, 0.5) is 11.4 Å². The third-order valence-electron chi connectivity index (χ3n) is 4.76. The molecule has 32 heavy (non-hydrogen) atoms. The molecule has 1 N–H and O–H groups in total. The molecule has 1 atom stereocenters. The fourth-order valence-electron chi connectivity index (χ4n) is 3.21. The van der Waals surface area contributed by atoms with Crippen LogP contribution < -0.4 is 5.32 Å². The Morgan fingerprint density at radius 3 is 2.41 bits per heavy atom. The number of carbonyl (C=O) groups excluding carboxylic acids is 2. The maximum absolute atomic E-state index is 13.2. The normalized spacial score (nSPS) is 17.1. The van der Waals surface area contributed by atoms with Gasteiger partial charge in [-0.3, -0.25) is 14.5 Å². The number of rotatable bonds is 6. The molecule has 4 rings (SSSR count). The first-order valence-electron chi connectivity index (χ1n) is 9.90. The molecule has 1 aliphatic heterocycles. The molecule has 5 nitrogen and oxygen atoms in total. The second-order valence-electron chi connectivity index (χ2n) is 7.12. The van der Waals surface area contributed by atoms with Gasteiger partial charge in [-0.1, -0.05) is 83.5 Å². The number of amidine groups is 1. The Labute approximate surface area is 200 Å². The standard InChI is InChI=1S/C24H19Cl2N3O2S/c25-17-11-12-19(26)20(13-17)28-22(30)14-21-23(31)29(15-16-7-3-1-4-8-16)24(32-21)27-18-9-5-2-6-10-18/h1-13,21H,14-15H2,(H,28,30)/t21-/m0/s1. The lowest BCUT2D eigenvalue weighted by Gasteiger charge is -2.16. The molecule has 0 radical (unpaired) electrons. The first-order valence-corrected chi connectivity index (χ1v) is 11.5. The minimum atomic E-state index is -0.584. The zero-order valence-corrected chi connectivity index (χ0v) is 19.2. The molecule has 8 heteroatoms. The lowest BCUT2D eigenvalue weighted by Crippen LogP contribution is -2.33. The molecular formula is C24H19Cl2N3O2S. The number of hydrogen-bond acceptors (Lipinski definition) is 4. The molecule has 162 valence electrons. The Morgan fingerprint density at radius 2 is 1.69 bits per heavy atom. The van der Waals surface area contributed by atoms with Gasteiger partial charge >= 0.3 is 0 Å². The number of nitrogens with zero attached hydrogens (tertiary/aromatic N) is 2. The van der Waals surface area contributed by atoms with Crippen LogP contribution in [0, 0.1) is 0 Å². The SMILES string of the molecule is O=C(C[C@@H]1SC(=Nc2ccccc2)N(Cc2ccccc2)C1=O)Nc1cc(Cl)ccc1Cl. The molecule has 1 saturated heterocycles. The van der Waals surface area contributed by atoms with Crippen LogP contribution >= 0.6 is 35.0 Å². The topological polar surface area (TPSA) is 61.8 Å². The molecule has 0 bridgehead atoms. The van der Waals surface area contributed by atoms with Gasteiger partial charge in [0.25, 0.3) is 0 Å². The predicted octanol–water partition coefficient (Wildman–Crippen LogP) is 6.15. The number of hydrogen-bond donors (Lipinski definition) is 1. The minimum absolute atomic E-state index is 0.00849. The van der Waals surface area contributed by atoms with Crippen molar-refractivity contribution < 1.29 is 9.59 Å². The summed E-state index contributed by atoms with van der Waals surface area (Å²) in [5.74, 6) is -0.471. The van der Waals surface area contributed by atoms with Crippen LogP contribution in [0.1, 0.15) is 12.0 Å². The van der Waals surface area contributed by atoms with E-state index in [0.717, 1.165) is 11.3 Å². The lowest BCUT2D eigenvalue weighted by molar-refractivity contribution is -0.128. The van der Waals surface area contributed by atoms with Crippen LogP contribution in [0.3, 0.4) is 0 Å². The Hall–Kier alpha value is -2.80. The van der Waals surface area contributed by atoms with Gasteiger partial charge in [0, 0.05) is 11.4 Å². The van der Waals surface area contributed by atoms with Crippen LogP contribution in [-0.4, -0.2) is 27.1 Å². The number of carbonyl (C=O) groups is 2. The van der Waals surface area contributed by atoms with Gasteiger partial charge < -0.3 is 5.32 Å². The third-order valence-corrected chi connectivity index (χ3v) is 6.50. The van der Waals surface area contributed by atoms with Crippen LogP contribution in [-0.2, 0) is 16.1 Å². The Kier molecular flexibility index (Phi) is 7.15. The third kappa shape index (κ3) is 5.51. The van der Waals surface area contributed by atoms with E-state index in [1.807, 2.05) is 60.7 Å². The molecule has 0 spiro atoms. The highest BCUT2D eigenvalue weighted by Crippen LogP contribution is 2.33. The summed E-state index contributed by atoms with van der Waals surface area (Å²) in [6.07, 6.45) is -0.00849. The molecule has 1 aliphatic rings. The van der Waals surface area contributed by atoms with Gasteiger partial charge in [-0.05, 0) is 35.9 Å². The van der Waals surface area contributed by atoms with Gasteiger partial charge in [-0.15, -0.1) is 0 Å². The number of para-hydroxylation sites is 1. The molecule has 0 aliphatic carbocycles. The summed E-state index contributed by atoms with van der Waals surface area (Å²) < 4.78 is 0. The number of thioether (sulfide) groups is 1. The summed E-state index contributed by atoms with van der Waals surface area (Å²) in [5.41, 5.74) is 2.15. The van der Waals surface area contributed by atoms with E-state index in [-0.39, 0.29) is 18.2 Å². The van der Waals surface area contributed by atoms with Crippen molar-refractivity contribution in [3.05, 3.63) is 94.5 Å². The van der Waals surface area contributed by atoms with Crippen molar-refractivity contribution in [2.24, 2.45) is 4.99 Å². The van der Waals surface area contributed by atoms with E-state index in [1.165, 1.54) is 11.8 Å². The largest absolute Gasteiger partial charge is 0.325 e. The van der Waals surface area contributed by atoms with Gasteiger partial charge in [0.05, 0.1) is 22.9 Å². The van der Waals surface area contributed by atoms with Crippen molar-refractivity contribution in [2.45, 2.75) is 18.2 Å². The van der Waals surface area contributed by atoms with E-state index in [4.69, 9.17) is 23.2 Å². The average Bonchev–Trinajstić information content (AvgIpc) is 3.06.